The fraction of sp³-hybridized carbons (Fsp3) is 0.917. The van der Waals surface area contributed by atoms with E-state index in [0.717, 1.165) is 44.9 Å². The van der Waals surface area contributed by atoms with Crippen LogP contribution < -0.4 is 0 Å². The molecule has 4 saturated carbocycles. The maximum absolute atomic E-state index is 13.3. The number of carbonyl (C=O) groups is 2. The van der Waals surface area contributed by atoms with Gasteiger partial charge in [-0.15, -0.1) is 0 Å². The molecule has 0 aromatic carbocycles. The molecule has 4 rings (SSSR count). The van der Waals surface area contributed by atoms with Crippen molar-refractivity contribution < 1.29 is 19.8 Å². The minimum Gasteiger partial charge on any atom is -0.481 e. The summed E-state index contributed by atoms with van der Waals surface area (Å²) in [5, 5.41) is 19.3. The molecule has 4 nitrogen and oxygen atoms in total. The van der Waals surface area contributed by atoms with Gasteiger partial charge in [-0.05, 0) is 91.8 Å². The summed E-state index contributed by atoms with van der Waals surface area (Å²) in [4.78, 5) is 24.4. The zero-order chi connectivity index (χ0) is 20.3. The van der Waals surface area contributed by atoms with Gasteiger partial charge < -0.3 is 10.2 Å². The molecule has 0 saturated heterocycles. The van der Waals surface area contributed by atoms with Gasteiger partial charge in [0.25, 0.3) is 0 Å². The molecule has 0 spiro atoms. The summed E-state index contributed by atoms with van der Waals surface area (Å²) >= 11 is 0. The molecule has 2 N–H and O–H groups in total. The Bertz CT molecular complexity index is 645. The van der Waals surface area contributed by atoms with Gasteiger partial charge in [0, 0.05) is 18.8 Å². The summed E-state index contributed by atoms with van der Waals surface area (Å²) in [6, 6.07) is 0. The van der Waals surface area contributed by atoms with Crippen LogP contribution in [0.3, 0.4) is 0 Å². The van der Waals surface area contributed by atoms with E-state index >= 15 is 0 Å². The molecule has 28 heavy (non-hydrogen) atoms. The van der Waals surface area contributed by atoms with E-state index in [2.05, 4.69) is 20.8 Å². The monoisotopic (exact) mass is 390 g/mol. The van der Waals surface area contributed by atoms with E-state index in [0.29, 0.717) is 41.8 Å². The molecular weight excluding hydrogens is 352 g/mol. The van der Waals surface area contributed by atoms with Crippen LogP contribution in [0.2, 0.25) is 0 Å². The molecule has 0 aliphatic heterocycles. The highest BCUT2D eigenvalue weighted by molar-refractivity contribution is 5.83. The lowest BCUT2D eigenvalue weighted by atomic mass is 9.44. The Morgan fingerprint density at radius 2 is 1.79 bits per heavy atom. The van der Waals surface area contributed by atoms with Crippen LogP contribution >= 0.6 is 0 Å². The van der Waals surface area contributed by atoms with Crippen molar-refractivity contribution >= 4 is 11.8 Å². The molecule has 0 heterocycles. The standard InChI is InChI=1S/C24H38O4/c1-14(4-7-21(27)28)17-5-6-18-22-19(9-11-24(17,18)3)23(2)10-8-16(25)12-15(23)13-20(22)26/h14-19,22,25H,4-13H2,1-3H3,(H,27,28)/t14-,15+,16-,17-,18+,19?,22+,23?,24?/m1/s1. The maximum Gasteiger partial charge on any atom is 0.303 e. The van der Waals surface area contributed by atoms with Gasteiger partial charge in [0.05, 0.1) is 6.10 Å². The van der Waals surface area contributed by atoms with Crippen LogP contribution in [-0.2, 0) is 9.59 Å². The van der Waals surface area contributed by atoms with Crippen molar-refractivity contribution in [3.63, 3.8) is 0 Å². The number of aliphatic hydroxyl groups is 1. The van der Waals surface area contributed by atoms with Gasteiger partial charge >= 0.3 is 5.97 Å². The lowest BCUT2D eigenvalue weighted by Gasteiger charge is -2.60. The third-order valence-corrected chi connectivity index (χ3v) is 10.0. The van der Waals surface area contributed by atoms with Crippen LogP contribution in [0.15, 0.2) is 0 Å². The number of rotatable bonds is 4. The van der Waals surface area contributed by atoms with E-state index in [1.54, 1.807) is 0 Å². The van der Waals surface area contributed by atoms with Crippen molar-refractivity contribution in [2.75, 3.05) is 0 Å². The second-order valence-corrected chi connectivity index (χ2v) is 11.2. The van der Waals surface area contributed by atoms with Gasteiger partial charge in [-0.1, -0.05) is 20.8 Å². The number of ketones is 1. The van der Waals surface area contributed by atoms with Gasteiger partial charge in [-0.3, -0.25) is 9.59 Å². The Morgan fingerprint density at radius 3 is 2.50 bits per heavy atom. The van der Waals surface area contributed by atoms with Crippen molar-refractivity contribution in [2.24, 2.45) is 46.3 Å². The number of fused-ring (bicyclic) bond motifs is 5. The van der Waals surface area contributed by atoms with Crippen LogP contribution in [0.4, 0.5) is 0 Å². The average Bonchev–Trinajstić information content (AvgIpc) is 2.98. The number of carboxylic acid groups (broad SMARTS) is 1. The largest absolute Gasteiger partial charge is 0.481 e. The van der Waals surface area contributed by atoms with E-state index < -0.39 is 5.97 Å². The van der Waals surface area contributed by atoms with Crippen molar-refractivity contribution in [3.05, 3.63) is 0 Å². The van der Waals surface area contributed by atoms with Gasteiger partial charge in [0.15, 0.2) is 0 Å². The predicted molar refractivity (Wildman–Crippen MR) is 108 cm³/mol. The quantitative estimate of drug-likeness (QED) is 0.730. The second-order valence-electron chi connectivity index (χ2n) is 11.2. The Balaban J connectivity index is 1.56. The number of Topliss-reactive ketones (excluding diaryl/α,β-unsaturated/α-hetero) is 1. The van der Waals surface area contributed by atoms with E-state index in [9.17, 15) is 14.7 Å². The summed E-state index contributed by atoms with van der Waals surface area (Å²) in [6.07, 6.45) is 8.81. The Morgan fingerprint density at radius 1 is 1.11 bits per heavy atom. The van der Waals surface area contributed by atoms with Crippen LogP contribution in [0.1, 0.15) is 85.0 Å². The number of aliphatic hydroxyl groups excluding tert-OH is 1. The van der Waals surface area contributed by atoms with Crippen molar-refractivity contribution in [1.82, 2.24) is 0 Å². The summed E-state index contributed by atoms with van der Waals surface area (Å²) < 4.78 is 0. The molecule has 9 atom stereocenters. The summed E-state index contributed by atoms with van der Waals surface area (Å²) in [5.74, 6) is 2.25. The van der Waals surface area contributed by atoms with E-state index in [1.807, 2.05) is 0 Å². The first kappa shape index (κ1) is 20.4. The Labute approximate surface area is 169 Å². The number of carbonyl (C=O) groups excluding carboxylic acids is 1. The van der Waals surface area contributed by atoms with Crippen molar-refractivity contribution in [3.8, 4) is 0 Å². The van der Waals surface area contributed by atoms with Crippen LogP contribution in [-0.4, -0.2) is 28.1 Å². The molecule has 4 fully saturated rings. The molecule has 0 aromatic heterocycles. The minimum absolute atomic E-state index is 0.187. The zero-order valence-corrected chi connectivity index (χ0v) is 17.8. The smallest absolute Gasteiger partial charge is 0.303 e. The van der Waals surface area contributed by atoms with E-state index in [1.165, 1.54) is 6.42 Å². The van der Waals surface area contributed by atoms with Gasteiger partial charge in [-0.2, -0.15) is 0 Å². The summed E-state index contributed by atoms with van der Waals surface area (Å²) in [6.45, 7) is 7.06. The van der Waals surface area contributed by atoms with Crippen LogP contribution in [0.5, 0.6) is 0 Å². The number of carboxylic acids is 1. The highest BCUT2D eigenvalue weighted by Crippen LogP contribution is 2.67. The highest BCUT2D eigenvalue weighted by Gasteiger charge is 2.62. The average molecular weight is 391 g/mol. The van der Waals surface area contributed by atoms with E-state index in [4.69, 9.17) is 5.11 Å². The SMILES string of the molecule is C[C@H](CCC(=O)O)[C@H]1CC[C@H]2[C@@H]3C(=O)C[C@@H]4C[C@H](O)CCC4(C)C3CCC12C. The van der Waals surface area contributed by atoms with Gasteiger partial charge in [0.1, 0.15) is 5.78 Å². The zero-order valence-electron chi connectivity index (χ0n) is 17.8. The first-order chi connectivity index (χ1) is 13.2. The molecular formula is C24H38O4. The topological polar surface area (TPSA) is 74.6 Å². The Kier molecular flexibility index (Phi) is 5.17. The first-order valence-electron chi connectivity index (χ1n) is 11.6. The van der Waals surface area contributed by atoms with Crippen molar-refractivity contribution in [2.45, 2.75) is 91.1 Å². The maximum atomic E-state index is 13.3. The molecule has 4 aliphatic carbocycles. The fourth-order valence-electron chi connectivity index (χ4n) is 8.44. The molecule has 4 heteroatoms. The first-order valence-corrected chi connectivity index (χ1v) is 11.6. The summed E-state index contributed by atoms with van der Waals surface area (Å²) in [5.41, 5.74) is 0.401. The minimum atomic E-state index is -0.698. The van der Waals surface area contributed by atoms with Crippen molar-refractivity contribution in [1.29, 1.82) is 0 Å². The third-order valence-electron chi connectivity index (χ3n) is 10.0. The van der Waals surface area contributed by atoms with Crippen LogP contribution in [0, 0.1) is 46.3 Å². The lowest BCUT2D eigenvalue weighted by molar-refractivity contribution is -0.160. The summed E-state index contributed by atoms with van der Waals surface area (Å²) in [7, 11) is 0. The molecule has 0 aromatic rings. The van der Waals surface area contributed by atoms with E-state index in [-0.39, 0.29) is 29.3 Å². The highest BCUT2D eigenvalue weighted by atomic mass is 16.4. The normalized spacial score (nSPS) is 49.1. The third kappa shape index (κ3) is 3.05. The molecule has 158 valence electrons. The molecule has 4 aliphatic rings. The number of aliphatic carboxylic acids is 1. The second kappa shape index (κ2) is 7.11. The predicted octanol–water partition coefficient (Wildman–Crippen LogP) is 4.69. The molecule has 0 bridgehead atoms. The fourth-order valence-corrected chi connectivity index (χ4v) is 8.44. The molecule has 0 radical (unpaired) electrons. The Hall–Kier alpha value is -0.900. The molecule has 3 unspecified atom stereocenters. The van der Waals surface area contributed by atoms with Gasteiger partial charge in [0.2, 0.25) is 0 Å². The van der Waals surface area contributed by atoms with Gasteiger partial charge in [-0.25, -0.2) is 0 Å². The lowest BCUT2D eigenvalue weighted by Crippen LogP contribution is -2.57. The van der Waals surface area contributed by atoms with Crippen LogP contribution in [0.25, 0.3) is 0 Å². The molecule has 0 amide bonds. The number of hydrogen-bond donors (Lipinski definition) is 2. The number of hydrogen-bond acceptors (Lipinski definition) is 3.